The van der Waals surface area contributed by atoms with Crippen molar-refractivity contribution in [1.82, 2.24) is 4.90 Å². The summed E-state index contributed by atoms with van der Waals surface area (Å²) in [5, 5.41) is 0. The molecular formula is C13H25NO4S. The van der Waals surface area contributed by atoms with E-state index in [0.717, 1.165) is 18.9 Å². The second-order valence-electron chi connectivity index (χ2n) is 4.51. The lowest BCUT2D eigenvalue weighted by Gasteiger charge is -2.16. The summed E-state index contributed by atoms with van der Waals surface area (Å²) in [4.78, 5) is 13.5. The number of amides is 1. The minimum atomic E-state index is 0.218. The molecule has 6 heteroatoms. The van der Waals surface area contributed by atoms with Gasteiger partial charge in [0.05, 0.1) is 33.0 Å². The average molecular weight is 291 g/mol. The molecule has 0 saturated carbocycles. The molecule has 0 aliphatic carbocycles. The minimum Gasteiger partial charge on any atom is -0.379 e. The quantitative estimate of drug-likeness (QED) is 0.452. The van der Waals surface area contributed by atoms with E-state index in [1.165, 1.54) is 0 Å². The number of carbonyl (C=O) groups excluding carboxylic acids is 1. The highest BCUT2D eigenvalue weighted by Gasteiger charge is 2.27. The smallest absolute Gasteiger partial charge is 0.223 e. The van der Waals surface area contributed by atoms with Crippen LogP contribution in [0.3, 0.4) is 0 Å². The van der Waals surface area contributed by atoms with Gasteiger partial charge in [0.2, 0.25) is 5.91 Å². The van der Waals surface area contributed by atoms with E-state index in [4.69, 9.17) is 14.2 Å². The van der Waals surface area contributed by atoms with Crippen LogP contribution < -0.4 is 0 Å². The van der Waals surface area contributed by atoms with Gasteiger partial charge in [-0.2, -0.15) is 12.6 Å². The van der Waals surface area contributed by atoms with Crippen LogP contribution in [-0.4, -0.2) is 69.3 Å². The molecule has 0 bridgehead atoms. The zero-order valence-corrected chi connectivity index (χ0v) is 12.6. The molecule has 112 valence electrons. The van der Waals surface area contributed by atoms with Crippen LogP contribution in [0.5, 0.6) is 0 Å². The number of hydrogen-bond acceptors (Lipinski definition) is 5. The molecule has 0 radical (unpaired) electrons. The molecule has 0 spiro atoms. The van der Waals surface area contributed by atoms with Crippen molar-refractivity contribution >= 4 is 18.5 Å². The van der Waals surface area contributed by atoms with Gasteiger partial charge >= 0.3 is 0 Å². The fraction of sp³-hybridized carbons (Fsp3) is 0.923. The summed E-state index contributed by atoms with van der Waals surface area (Å²) < 4.78 is 15.9. The van der Waals surface area contributed by atoms with Crippen LogP contribution in [0.25, 0.3) is 0 Å². The fourth-order valence-corrected chi connectivity index (χ4v) is 2.20. The van der Waals surface area contributed by atoms with Crippen molar-refractivity contribution in [2.45, 2.75) is 13.3 Å². The molecule has 1 heterocycles. The molecule has 1 unspecified atom stereocenters. The Kier molecular flexibility index (Phi) is 9.24. The maximum atomic E-state index is 11.6. The first-order valence-electron chi connectivity index (χ1n) is 6.89. The van der Waals surface area contributed by atoms with Gasteiger partial charge in [0.15, 0.2) is 0 Å². The Morgan fingerprint density at radius 3 is 2.37 bits per heavy atom. The van der Waals surface area contributed by atoms with Crippen LogP contribution in [0.15, 0.2) is 0 Å². The summed E-state index contributed by atoms with van der Waals surface area (Å²) >= 11 is 4.23. The van der Waals surface area contributed by atoms with E-state index in [0.29, 0.717) is 51.9 Å². The Hall–Kier alpha value is -0.300. The highest BCUT2D eigenvalue weighted by atomic mass is 32.1. The van der Waals surface area contributed by atoms with Crippen molar-refractivity contribution in [3.63, 3.8) is 0 Å². The first kappa shape index (κ1) is 16.8. The number of nitrogens with zero attached hydrogens (tertiary/aromatic N) is 1. The Bertz CT molecular complexity index is 253. The molecule has 0 aromatic carbocycles. The summed E-state index contributed by atoms with van der Waals surface area (Å²) in [5.41, 5.74) is 0. The number of carbonyl (C=O) groups is 1. The van der Waals surface area contributed by atoms with Gasteiger partial charge in [-0.05, 0) is 18.6 Å². The van der Waals surface area contributed by atoms with E-state index in [1.54, 1.807) is 0 Å². The highest BCUT2D eigenvalue weighted by Crippen LogP contribution is 2.18. The number of thiol groups is 1. The van der Waals surface area contributed by atoms with Crippen LogP contribution in [0.2, 0.25) is 0 Å². The van der Waals surface area contributed by atoms with Crippen LogP contribution in [-0.2, 0) is 19.0 Å². The average Bonchev–Trinajstić information content (AvgIpc) is 2.78. The number of hydrogen-bond donors (Lipinski definition) is 1. The predicted molar refractivity (Wildman–Crippen MR) is 76.7 cm³/mol. The SMILES string of the molecule is CCOCCOCCOCCN1CC(CS)CC1=O. The maximum absolute atomic E-state index is 11.6. The van der Waals surface area contributed by atoms with E-state index < -0.39 is 0 Å². The predicted octanol–water partition coefficient (Wildman–Crippen LogP) is 0.834. The zero-order valence-electron chi connectivity index (χ0n) is 11.7. The minimum absolute atomic E-state index is 0.218. The van der Waals surface area contributed by atoms with E-state index >= 15 is 0 Å². The molecule has 1 aliphatic heterocycles. The lowest BCUT2D eigenvalue weighted by molar-refractivity contribution is -0.128. The number of likely N-dealkylation sites (tertiary alicyclic amines) is 1. The van der Waals surface area contributed by atoms with E-state index in [-0.39, 0.29) is 5.91 Å². The summed E-state index contributed by atoms with van der Waals surface area (Å²) in [6, 6.07) is 0. The van der Waals surface area contributed by atoms with Crippen molar-refractivity contribution in [1.29, 1.82) is 0 Å². The third-order valence-electron chi connectivity index (χ3n) is 3.01. The molecule has 1 aliphatic rings. The first-order chi connectivity index (χ1) is 9.27. The maximum Gasteiger partial charge on any atom is 0.223 e. The van der Waals surface area contributed by atoms with Gasteiger partial charge in [0, 0.05) is 26.1 Å². The molecule has 1 rings (SSSR count). The van der Waals surface area contributed by atoms with E-state index in [1.807, 2.05) is 11.8 Å². The van der Waals surface area contributed by atoms with Crippen molar-refractivity contribution in [2.24, 2.45) is 5.92 Å². The van der Waals surface area contributed by atoms with Crippen molar-refractivity contribution in [2.75, 3.05) is 58.5 Å². The molecule has 1 amide bonds. The lowest BCUT2D eigenvalue weighted by atomic mass is 10.1. The molecule has 1 saturated heterocycles. The van der Waals surface area contributed by atoms with Gasteiger partial charge in [-0.15, -0.1) is 0 Å². The van der Waals surface area contributed by atoms with Gasteiger partial charge in [0.25, 0.3) is 0 Å². The molecule has 1 fully saturated rings. The standard InChI is InChI=1S/C13H25NO4S/c1-2-16-5-6-18-8-7-17-4-3-14-10-12(11-19)9-13(14)15/h12,19H,2-11H2,1H3. The normalized spacial score (nSPS) is 19.4. The number of rotatable bonds is 11. The summed E-state index contributed by atoms with van der Waals surface area (Å²) in [6.45, 7) is 7.09. The molecule has 5 nitrogen and oxygen atoms in total. The summed E-state index contributed by atoms with van der Waals surface area (Å²) in [5.74, 6) is 1.39. The third-order valence-corrected chi connectivity index (χ3v) is 3.52. The highest BCUT2D eigenvalue weighted by molar-refractivity contribution is 7.80. The van der Waals surface area contributed by atoms with Crippen LogP contribution in [0.4, 0.5) is 0 Å². The Morgan fingerprint density at radius 2 is 1.79 bits per heavy atom. The van der Waals surface area contributed by atoms with Crippen LogP contribution >= 0.6 is 12.6 Å². The molecule has 1 atom stereocenters. The van der Waals surface area contributed by atoms with Crippen molar-refractivity contribution < 1.29 is 19.0 Å². The second kappa shape index (κ2) is 10.5. The monoisotopic (exact) mass is 291 g/mol. The van der Waals surface area contributed by atoms with Gasteiger partial charge < -0.3 is 19.1 Å². The van der Waals surface area contributed by atoms with E-state index in [2.05, 4.69) is 12.6 Å². The lowest BCUT2D eigenvalue weighted by Crippen LogP contribution is -2.29. The summed E-state index contributed by atoms with van der Waals surface area (Å²) in [7, 11) is 0. The third kappa shape index (κ3) is 7.15. The zero-order chi connectivity index (χ0) is 13.9. The fourth-order valence-electron chi connectivity index (χ4n) is 1.95. The van der Waals surface area contributed by atoms with E-state index in [9.17, 15) is 4.79 Å². The Morgan fingerprint density at radius 1 is 1.16 bits per heavy atom. The second-order valence-corrected chi connectivity index (χ2v) is 4.88. The van der Waals surface area contributed by atoms with Crippen LogP contribution in [0.1, 0.15) is 13.3 Å². The molecule has 0 aromatic rings. The largest absolute Gasteiger partial charge is 0.379 e. The van der Waals surface area contributed by atoms with Gasteiger partial charge in [-0.25, -0.2) is 0 Å². The van der Waals surface area contributed by atoms with Crippen molar-refractivity contribution in [3.8, 4) is 0 Å². The van der Waals surface area contributed by atoms with Crippen LogP contribution in [0, 0.1) is 5.92 Å². The first-order valence-corrected chi connectivity index (χ1v) is 7.53. The topological polar surface area (TPSA) is 48.0 Å². The van der Waals surface area contributed by atoms with Gasteiger partial charge in [-0.3, -0.25) is 4.79 Å². The Labute approximate surface area is 121 Å². The van der Waals surface area contributed by atoms with Crippen molar-refractivity contribution in [3.05, 3.63) is 0 Å². The molecule has 0 aromatic heterocycles. The Balaban J connectivity index is 1.90. The summed E-state index contributed by atoms with van der Waals surface area (Å²) in [6.07, 6.45) is 0.629. The van der Waals surface area contributed by atoms with Gasteiger partial charge in [0.1, 0.15) is 0 Å². The molecule has 19 heavy (non-hydrogen) atoms. The molecule has 0 N–H and O–H groups in total. The number of ether oxygens (including phenoxy) is 3. The molecular weight excluding hydrogens is 266 g/mol. The van der Waals surface area contributed by atoms with Gasteiger partial charge in [-0.1, -0.05) is 0 Å².